The SMILES string of the molecule is C=C(C)CNC(N)=NCc1ccc(N2CCN(C(=O)OC(C)(C)C)CC2)c(F)c1. The quantitative estimate of drug-likeness (QED) is 0.447. The van der Waals surface area contributed by atoms with E-state index in [1.54, 1.807) is 11.0 Å². The van der Waals surface area contributed by atoms with Gasteiger partial charge in [-0.3, -0.25) is 0 Å². The van der Waals surface area contributed by atoms with E-state index in [0.717, 1.165) is 11.1 Å². The van der Waals surface area contributed by atoms with Crippen molar-refractivity contribution in [1.82, 2.24) is 10.2 Å². The number of nitrogens with zero attached hydrogens (tertiary/aromatic N) is 3. The number of nitrogens with one attached hydrogen (secondary N) is 1. The molecule has 7 nitrogen and oxygen atoms in total. The predicted molar refractivity (Wildman–Crippen MR) is 115 cm³/mol. The van der Waals surface area contributed by atoms with Crippen molar-refractivity contribution >= 4 is 17.7 Å². The number of halogens is 1. The van der Waals surface area contributed by atoms with Gasteiger partial charge in [-0.2, -0.15) is 0 Å². The molecule has 1 aliphatic rings. The normalized spacial score (nSPS) is 15.3. The molecule has 1 fully saturated rings. The van der Waals surface area contributed by atoms with Crippen LogP contribution >= 0.6 is 0 Å². The van der Waals surface area contributed by atoms with E-state index in [2.05, 4.69) is 16.9 Å². The van der Waals surface area contributed by atoms with Crippen molar-refractivity contribution in [2.75, 3.05) is 37.6 Å². The van der Waals surface area contributed by atoms with Crippen molar-refractivity contribution in [2.45, 2.75) is 39.8 Å². The fourth-order valence-corrected chi connectivity index (χ4v) is 2.84. The minimum absolute atomic E-state index is 0.290. The van der Waals surface area contributed by atoms with Crippen LogP contribution in [0.15, 0.2) is 35.3 Å². The van der Waals surface area contributed by atoms with Gasteiger partial charge in [-0.1, -0.05) is 18.2 Å². The van der Waals surface area contributed by atoms with Crippen LogP contribution < -0.4 is 16.0 Å². The number of benzene rings is 1. The van der Waals surface area contributed by atoms with Crippen molar-refractivity contribution in [3.63, 3.8) is 0 Å². The number of amides is 1. The molecule has 3 N–H and O–H groups in total. The van der Waals surface area contributed by atoms with Crippen molar-refractivity contribution in [3.8, 4) is 0 Å². The maximum atomic E-state index is 14.6. The molecule has 0 radical (unpaired) electrons. The van der Waals surface area contributed by atoms with Gasteiger partial charge in [-0.15, -0.1) is 0 Å². The molecule has 1 aliphatic heterocycles. The number of guanidine groups is 1. The van der Waals surface area contributed by atoms with E-state index in [1.807, 2.05) is 38.7 Å². The molecule has 0 saturated carbocycles. The summed E-state index contributed by atoms with van der Waals surface area (Å²) in [5.74, 6) is -0.00682. The van der Waals surface area contributed by atoms with Gasteiger partial charge in [0.2, 0.25) is 0 Å². The van der Waals surface area contributed by atoms with Gasteiger partial charge in [0.25, 0.3) is 0 Å². The third-order valence-electron chi connectivity index (χ3n) is 4.29. The zero-order valence-electron chi connectivity index (χ0n) is 17.8. The first-order valence-corrected chi connectivity index (χ1v) is 9.74. The number of hydrogen-bond donors (Lipinski definition) is 2. The number of piperazine rings is 1. The number of carbonyl (C=O) groups is 1. The van der Waals surface area contributed by atoms with Crippen LogP contribution in [-0.4, -0.2) is 55.3 Å². The van der Waals surface area contributed by atoms with Crippen molar-refractivity contribution in [3.05, 3.63) is 41.7 Å². The molecule has 29 heavy (non-hydrogen) atoms. The lowest BCUT2D eigenvalue weighted by molar-refractivity contribution is 0.0240. The lowest BCUT2D eigenvalue weighted by Gasteiger charge is -2.36. The molecule has 0 aromatic heterocycles. The molecule has 1 saturated heterocycles. The lowest BCUT2D eigenvalue weighted by atomic mass is 10.1. The molecule has 160 valence electrons. The van der Waals surface area contributed by atoms with E-state index in [9.17, 15) is 9.18 Å². The molecule has 1 aromatic rings. The minimum Gasteiger partial charge on any atom is -0.444 e. The average Bonchev–Trinajstić information content (AvgIpc) is 2.63. The number of aliphatic imine (C=N–C) groups is 1. The summed E-state index contributed by atoms with van der Waals surface area (Å²) >= 11 is 0. The van der Waals surface area contributed by atoms with Gasteiger partial charge in [0.05, 0.1) is 12.2 Å². The third-order valence-corrected chi connectivity index (χ3v) is 4.29. The number of ether oxygens (including phenoxy) is 1. The second-order valence-electron chi connectivity index (χ2n) is 8.25. The molecule has 8 heteroatoms. The molecule has 0 aliphatic carbocycles. The summed E-state index contributed by atoms with van der Waals surface area (Å²) in [4.78, 5) is 20.0. The van der Waals surface area contributed by atoms with E-state index < -0.39 is 5.60 Å². The summed E-state index contributed by atoms with van der Waals surface area (Å²) in [6.45, 7) is 14.1. The second-order valence-corrected chi connectivity index (χ2v) is 8.25. The minimum atomic E-state index is -0.526. The fourth-order valence-electron chi connectivity index (χ4n) is 2.84. The summed E-state index contributed by atoms with van der Waals surface area (Å²) in [5, 5.41) is 2.94. The van der Waals surface area contributed by atoms with Crippen LogP contribution in [0.5, 0.6) is 0 Å². The van der Waals surface area contributed by atoms with Crippen molar-refractivity contribution in [2.24, 2.45) is 10.7 Å². The molecule has 0 spiro atoms. The van der Waals surface area contributed by atoms with Crippen LogP contribution in [0.4, 0.5) is 14.9 Å². The van der Waals surface area contributed by atoms with Crippen LogP contribution in [0.2, 0.25) is 0 Å². The number of carbonyl (C=O) groups excluding carboxylic acids is 1. The predicted octanol–water partition coefficient (Wildman–Crippen LogP) is 2.86. The number of anilines is 1. The van der Waals surface area contributed by atoms with E-state index in [1.165, 1.54) is 6.07 Å². The maximum absolute atomic E-state index is 14.6. The molecular weight excluding hydrogens is 373 g/mol. The van der Waals surface area contributed by atoms with Crippen LogP contribution in [0.1, 0.15) is 33.3 Å². The number of hydrogen-bond acceptors (Lipinski definition) is 4. The summed E-state index contributed by atoms with van der Waals surface area (Å²) in [7, 11) is 0. The summed E-state index contributed by atoms with van der Waals surface area (Å²) in [5.41, 5.74) is 7.47. The van der Waals surface area contributed by atoms with Crippen molar-refractivity contribution in [1.29, 1.82) is 0 Å². The lowest BCUT2D eigenvalue weighted by Crippen LogP contribution is -2.50. The average molecular weight is 406 g/mol. The van der Waals surface area contributed by atoms with Gasteiger partial charge in [-0.25, -0.2) is 14.2 Å². The van der Waals surface area contributed by atoms with Crippen LogP contribution in [0.3, 0.4) is 0 Å². The summed E-state index contributed by atoms with van der Waals surface area (Å²) < 4.78 is 20.0. The Morgan fingerprint density at radius 2 is 1.97 bits per heavy atom. The second kappa shape index (κ2) is 9.62. The largest absolute Gasteiger partial charge is 0.444 e. The Balaban J connectivity index is 1.92. The zero-order chi connectivity index (χ0) is 21.6. The summed E-state index contributed by atoms with van der Waals surface area (Å²) in [6, 6.07) is 5.07. The Morgan fingerprint density at radius 3 is 2.52 bits per heavy atom. The Bertz CT molecular complexity index is 765. The highest BCUT2D eigenvalue weighted by molar-refractivity contribution is 5.78. The first-order valence-electron chi connectivity index (χ1n) is 9.74. The zero-order valence-corrected chi connectivity index (χ0v) is 17.8. The summed E-state index contributed by atoms with van der Waals surface area (Å²) in [6.07, 6.45) is -0.330. The van der Waals surface area contributed by atoms with Gasteiger partial charge in [-0.05, 0) is 45.4 Å². The fraction of sp³-hybridized carbons (Fsp3) is 0.524. The first-order chi connectivity index (χ1) is 13.5. The maximum Gasteiger partial charge on any atom is 0.410 e. The van der Waals surface area contributed by atoms with E-state index in [0.29, 0.717) is 50.9 Å². The van der Waals surface area contributed by atoms with Gasteiger partial charge < -0.3 is 25.6 Å². The molecular formula is C21H32FN5O2. The highest BCUT2D eigenvalue weighted by Crippen LogP contribution is 2.23. The van der Waals surface area contributed by atoms with E-state index in [4.69, 9.17) is 10.5 Å². The van der Waals surface area contributed by atoms with E-state index >= 15 is 0 Å². The number of rotatable bonds is 5. The van der Waals surface area contributed by atoms with Crippen LogP contribution in [0.25, 0.3) is 0 Å². The molecule has 1 amide bonds. The Morgan fingerprint density at radius 1 is 1.31 bits per heavy atom. The van der Waals surface area contributed by atoms with Gasteiger partial charge >= 0.3 is 6.09 Å². The van der Waals surface area contributed by atoms with Crippen LogP contribution in [-0.2, 0) is 11.3 Å². The third kappa shape index (κ3) is 7.29. The van der Waals surface area contributed by atoms with Crippen molar-refractivity contribution < 1.29 is 13.9 Å². The first kappa shape index (κ1) is 22.5. The molecule has 1 heterocycles. The van der Waals surface area contributed by atoms with Gasteiger partial charge in [0.15, 0.2) is 5.96 Å². The highest BCUT2D eigenvalue weighted by atomic mass is 19.1. The Kier molecular flexibility index (Phi) is 7.47. The topological polar surface area (TPSA) is 83.2 Å². The molecule has 1 aromatic carbocycles. The Labute approximate surface area is 172 Å². The van der Waals surface area contributed by atoms with Crippen LogP contribution in [0, 0.1) is 5.82 Å². The van der Waals surface area contributed by atoms with Gasteiger partial charge in [0, 0.05) is 32.7 Å². The Hall–Kier alpha value is -2.77. The molecule has 2 rings (SSSR count). The highest BCUT2D eigenvalue weighted by Gasteiger charge is 2.26. The van der Waals surface area contributed by atoms with Gasteiger partial charge in [0.1, 0.15) is 11.4 Å². The monoisotopic (exact) mass is 405 g/mol. The molecule has 0 bridgehead atoms. The smallest absolute Gasteiger partial charge is 0.410 e. The number of nitrogens with two attached hydrogens (primary N) is 1. The molecule has 0 atom stereocenters. The standard InChI is InChI=1S/C21H32FN5O2/c1-15(2)13-24-19(23)25-14-16-6-7-18(17(22)12-16)26-8-10-27(11-9-26)20(28)29-21(3,4)5/h6-7,12H,1,8-11,13-14H2,2-5H3,(H3,23,24,25). The molecule has 0 unspecified atom stereocenters. The van der Waals surface area contributed by atoms with E-state index in [-0.39, 0.29) is 11.9 Å².